The van der Waals surface area contributed by atoms with Gasteiger partial charge in [-0.1, -0.05) is 13.0 Å². The van der Waals surface area contributed by atoms with Crippen LogP contribution in [-0.4, -0.2) is 27.4 Å². The SMILES string of the molecule is CCCNc1cccc(C(=O)Nc2nc(C)cc(C)n2)n1. The fraction of sp³-hybridized carbons (Fsp3) is 0.333. The second-order valence-corrected chi connectivity index (χ2v) is 4.76. The Labute approximate surface area is 124 Å². The molecule has 0 unspecified atom stereocenters. The van der Waals surface area contributed by atoms with E-state index in [2.05, 4.69) is 32.5 Å². The Hall–Kier alpha value is -2.50. The van der Waals surface area contributed by atoms with Crippen molar-refractivity contribution in [2.24, 2.45) is 0 Å². The highest BCUT2D eigenvalue weighted by atomic mass is 16.2. The molecule has 0 aromatic carbocycles. The molecule has 0 fully saturated rings. The third kappa shape index (κ3) is 4.24. The van der Waals surface area contributed by atoms with Crippen LogP contribution in [0.1, 0.15) is 35.2 Å². The zero-order chi connectivity index (χ0) is 15.2. The second-order valence-electron chi connectivity index (χ2n) is 4.76. The first-order valence-electron chi connectivity index (χ1n) is 6.93. The van der Waals surface area contributed by atoms with Crippen molar-refractivity contribution in [1.82, 2.24) is 15.0 Å². The van der Waals surface area contributed by atoms with Crippen molar-refractivity contribution < 1.29 is 4.79 Å². The average Bonchev–Trinajstić information content (AvgIpc) is 2.44. The minimum atomic E-state index is -0.319. The molecule has 0 aliphatic heterocycles. The van der Waals surface area contributed by atoms with Gasteiger partial charge < -0.3 is 5.32 Å². The first-order chi connectivity index (χ1) is 10.1. The second kappa shape index (κ2) is 6.78. The minimum Gasteiger partial charge on any atom is -0.370 e. The number of nitrogens with one attached hydrogen (secondary N) is 2. The Kier molecular flexibility index (Phi) is 4.81. The summed E-state index contributed by atoms with van der Waals surface area (Å²) in [6.45, 7) is 6.61. The lowest BCUT2D eigenvalue weighted by atomic mass is 10.3. The molecule has 2 aromatic heterocycles. The molecule has 1 amide bonds. The molecule has 6 heteroatoms. The van der Waals surface area contributed by atoms with Gasteiger partial charge in [-0.3, -0.25) is 10.1 Å². The highest BCUT2D eigenvalue weighted by Crippen LogP contribution is 2.08. The summed E-state index contributed by atoms with van der Waals surface area (Å²) in [5, 5.41) is 5.82. The van der Waals surface area contributed by atoms with Crippen LogP contribution in [0.2, 0.25) is 0 Å². The summed E-state index contributed by atoms with van der Waals surface area (Å²) in [6.07, 6.45) is 0.995. The molecule has 0 bridgehead atoms. The van der Waals surface area contributed by atoms with E-state index in [-0.39, 0.29) is 5.91 Å². The Morgan fingerprint density at radius 2 is 1.86 bits per heavy atom. The maximum absolute atomic E-state index is 12.2. The maximum atomic E-state index is 12.2. The van der Waals surface area contributed by atoms with Gasteiger partial charge in [0, 0.05) is 17.9 Å². The van der Waals surface area contributed by atoms with E-state index in [0.717, 1.165) is 24.4 Å². The highest BCUT2D eigenvalue weighted by molar-refractivity contribution is 6.02. The van der Waals surface area contributed by atoms with Gasteiger partial charge in [0.15, 0.2) is 0 Å². The van der Waals surface area contributed by atoms with Crippen molar-refractivity contribution >= 4 is 17.7 Å². The summed E-state index contributed by atoms with van der Waals surface area (Å²) in [4.78, 5) is 24.8. The molecule has 0 aliphatic carbocycles. The van der Waals surface area contributed by atoms with E-state index < -0.39 is 0 Å². The summed E-state index contributed by atoms with van der Waals surface area (Å²) >= 11 is 0. The van der Waals surface area contributed by atoms with Crippen LogP contribution in [0, 0.1) is 13.8 Å². The third-order valence-electron chi connectivity index (χ3n) is 2.75. The smallest absolute Gasteiger partial charge is 0.276 e. The van der Waals surface area contributed by atoms with Gasteiger partial charge in [0.25, 0.3) is 5.91 Å². The Bertz CT molecular complexity index is 621. The number of carbonyl (C=O) groups excluding carboxylic acids is 1. The van der Waals surface area contributed by atoms with Crippen LogP contribution in [0.3, 0.4) is 0 Å². The Balaban J connectivity index is 2.12. The molecule has 0 atom stereocenters. The molecule has 2 N–H and O–H groups in total. The highest BCUT2D eigenvalue weighted by Gasteiger charge is 2.10. The summed E-state index contributed by atoms with van der Waals surface area (Å²) in [7, 11) is 0. The molecule has 21 heavy (non-hydrogen) atoms. The predicted molar refractivity (Wildman–Crippen MR) is 82.5 cm³/mol. The van der Waals surface area contributed by atoms with E-state index in [4.69, 9.17) is 0 Å². The van der Waals surface area contributed by atoms with Crippen molar-refractivity contribution in [3.05, 3.63) is 41.3 Å². The van der Waals surface area contributed by atoms with Gasteiger partial charge in [0.05, 0.1) is 0 Å². The van der Waals surface area contributed by atoms with Crippen LogP contribution in [-0.2, 0) is 0 Å². The number of carbonyl (C=O) groups is 1. The third-order valence-corrected chi connectivity index (χ3v) is 2.75. The standard InChI is InChI=1S/C15H19N5O/c1-4-8-16-13-7-5-6-12(19-13)14(21)20-15-17-10(2)9-11(3)18-15/h5-7,9H,4,8H2,1-3H3,(H,16,19)(H,17,18,20,21). The van der Waals surface area contributed by atoms with Gasteiger partial charge in [-0.2, -0.15) is 0 Å². The quantitative estimate of drug-likeness (QED) is 0.882. The average molecular weight is 285 g/mol. The van der Waals surface area contributed by atoms with Crippen molar-refractivity contribution in [1.29, 1.82) is 0 Å². The van der Waals surface area contributed by atoms with Gasteiger partial charge in [0.1, 0.15) is 11.5 Å². The Morgan fingerprint density at radius 3 is 2.52 bits per heavy atom. The van der Waals surface area contributed by atoms with E-state index in [0.29, 0.717) is 17.5 Å². The van der Waals surface area contributed by atoms with Crippen molar-refractivity contribution in [3.8, 4) is 0 Å². The number of rotatable bonds is 5. The molecular weight excluding hydrogens is 266 g/mol. The molecule has 2 rings (SSSR count). The minimum absolute atomic E-state index is 0.297. The first kappa shape index (κ1) is 14.9. The fourth-order valence-corrected chi connectivity index (χ4v) is 1.86. The van der Waals surface area contributed by atoms with Crippen molar-refractivity contribution in [3.63, 3.8) is 0 Å². The van der Waals surface area contributed by atoms with E-state index in [1.54, 1.807) is 12.1 Å². The van der Waals surface area contributed by atoms with Gasteiger partial charge in [-0.25, -0.2) is 15.0 Å². The number of aryl methyl sites for hydroxylation is 2. The van der Waals surface area contributed by atoms with Gasteiger partial charge in [0.2, 0.25) is 5.95 Å². The monoisotopic (exact) mass is 285 g/mol. The lowest BCUT2D eigenvalue weighted by Gasteiger charge is -2.07. The molecule has 0 saturated heterocycles. The molecule has 0 spiro atoms. The molecule has 0 radical (unpaired) electrons. The van der Waals surface area contributed by atoms with E-state index in [1.807, 2.05) is 26.0 Å². The fourth-order valence-electron chi connectivity index (χ4n) is 1.86. The summed E-state index contributed by atoms with van der Waals surface area (Å²) < 4.78 is 0. The number of aromatic nitrogens is 3. The predicted octanol–water partition coefficient (Wildman–Crippen LogP) is 2.56. The summed E-state index contributed by atoms with van der Waals surface area (Å²) in [6, 6.07) is 7.14. The number of anilines is 2. The lowest BCUT2D eigenvalue weighted by Crippen LogP contribution is -2.17. The molecule has 110 valence electrons. The van der Waals surface area contributed by atoms with Crippen molar-refractivity contribution in [2.45, 2.75) is 27.2 Å². The van der Waals surface area contributed by atoms with Crippen molar-refractivity contribution in [2.75, 3.05) is 17.2 Å². The van der Waals surface area contributed by atoms with Crippen LogP contribution in [0.5, 0.6) is 0 Å². The van der Waals surface area contributed by atoms with Gasteiger partial charge >= 0.3 is 0 Å². The number of pyridine rings is 1. The molecular formula is C15H19N5O. The van der Waals surface area contributed by atoms with Gasteiger partial charge in [-0.15, -0.1) is 0 Å². The van der Waals surface area contributed by atoms with E-state index >= 15 is 0 Å². The number of hydrogen-bond acceptors (Lipinski definition) is 5. The number of amides is 1. The van der Waals surface area contributed by atoms with Crippen LogP contribution < -0.4 is 10.6 Å². The topological polar surface area (TPSA) is 79.8 Å². The largest absolute Gasteiger partial charge is 0.370 e. The Morgan fingerprint density at radius 1 is 1.14 bits per heavy atom. The molecule has 2 heterocycles. The summed E-state index contributed by atoms with van der Waals surface area (Å²) in [5.41, 5.74) is 1.95. The molecule has 6 nitrogen and oxygen atoms in total. The van der Waals surface area contributed by atoms with Crippen LogP contribution >= 0.6 is 0 Å². The van der Waals surface area contributed by atoms with E-state index in [1.165, 1.54) is 0 Å². The van der Waals surface area contributed by atoms with Crippen LogP contribution in [0.15, 0.2) is 24.3 Å². The first-order valence-corrected chi connectivity index (χ1v) is 6.93. The zero-order valence-electron chi connectivity index (χ0n) is 12.5. The van der Waals surface area contributed by atoms with E-state index in [9.17, 15) is 4.79 Å². The number of hydrogen-bond donors (Lipinski definition) is 2. The number of nitrogens with zero attached hydrogens (tertiary/aromatic N) is 3. The maximum Gasteiger partial charge on any atom is 0.276 e. The molecule has 0 saturated carbocycles. The molecule has 0 aliphatic rings. The van der Waals surface area contributed by atoms with Crippen LogP contribution in [0.25, 0.3) is 0 Å². The normalized spacial score (nSPS) is 10.2. The lowest BCUT2D eigenvalue weighted by molar-refractivity contribution is 0.102. The zero-order valence-corrected chi connectivity index (χ0v) is 12.5. The summed E-state index contributed by atoms with van der Waals surface area (Å²) in [5.74, 6) is 0.664. The molecule has 2 aromatic rings. The van der Waals surface area contributed by atoms with Crippen LogP contribution in [0.4, 0.5) is 11.8 Å². The van der Waals surface area contributed by atoms with Gasteiger partial charge in [-0.05, 0) is 38.5 Å².